The van der Waals surface area contributed by atoms with Gasteiger partial charge in [-0.25, -0.2) is 0 Å². The van der Waals surface area contributed by atoms with Gasteiger partial charge in [-0.2, -0.15) is 5.10 Å². The highest BCUT2D eigenvalue weighted by molar-refractivity contribution is 6.52. The second-order valence-electron chi connectivity index (χ2n) is 5.16. The predicted octanol–water partition coefficient (Wildman–Crippen LogP) is 2.42. The third-order valence-corrected chi connectivity index (χ3v) is 4.25. The molecule has 0 N–H and O–H groups in total. The Labute approximate surface area is 127 Å². The third-order valence-electron chi connectivity index (χ3n) is 3.76. The maximum Gasteiger partial charge on any atom is 0.299 e. The molecule has 5 nitrogen and oxygen atoms in total. The van der Waals surface area contributed by atoms with E-state index in [1.54, 1.807) is 23.9 Å². The van der Waals surface area contributed by atoms with Crippen molar-refractivity contribution in [2.24, 2.45) is 7.05 Å². The molecular formula is C15H14ClN3O2. The number of rotatable bonds is 2. The van der Waals surface area contributed by atoms with Crippen LogP contribution in [-0.4, -0.2) is 21.5 Å². The first-order valence-corrected chi connectivity index (χ1v) is 6.93. The second-order valence-corrected chi connectivity index (χ2v) is 5.54. The minimum absolute atomic E-state index is 0.235. The van der Waals surface area contributed by atoms with Gasteiger partial charge in [0.1, 0.15) is 0 Å². The van der Waals surface area contributed by atoms with E-state index >= 15 is 0 Å². The summed E-state index contributed by atoms with van der Waals surface area (Å²) in [5.74, 6) is -0.988. The van der Waals surface area contributed by atoms with Crippen molar-refractivity contribution in [3.63, 3.8) is 0 Å². The average molecular weight is 304 g/mol. The molecule has 108 valence electrons. The SMILES string of the molecule is Cc1cccc2c1N(Cc1c(Cl)c(C)nn1C)C(=O)C2=O. The van der Waals surface area contributed by atoms with Crippen LogP contribution in [0.4, 0.5) is 5.69 Å². The molecule has 0 aliphatic carbocycles. The maximum absolute atomic E-state index is 12.3. The van der Waals surface area contributed by atoms with Crippen LogP contribution in [0.2, 0.25) is 5.02 Å². The Bertz CT molecular complexity index is 779. The fraction of sp³-hybridized carbons (Fsp3) is 0.267. The molecule has 2 aromatic rings. The van der Waals surface area contributed by atoms with E-state index in [1.807, 2.05) is 19.9 Å². The van der Waals surface area contributed by atoms with Crippen molar-refractivity contribution in [3.8, 4) is 0 Å². The topological polar surface area (TPSA) is 55.2 Å². The van der Waals surface area contributed by atoms with Gasteiger partial charge < -0.3 is 0 Å². The van der Waals surface area contributed by atoms with Crippen LogP contribution in [0.3, 0.4) is 0 Å². The Morgan fingerprint density at radius 3 is 2.57 bits per heavy atom. The molecule has 1 amide bonds. The van der Waals surface area contributed by atoms with Gasteiger partial charge >= 0.3 is 0 Å². The molecule has 0 bridgehead atoms. The number of aryl methyl sites for hydroxylation is 3. The van der Waals surface area contributed by atoms with Crippen molar-refractivity contribution in [3.05, 3.63) is 45.7 Å². The zero-order valence-corrected chi connectivity index (χ0v) is 12.7. The van der Waals surface area contributed by atoms with Crippen molar-refractivity contribution in [2.75, 3.05) is 4.90 Å². The molecule has 6 heteroatoms. The molecule has 1 aliphatic rings. The van der Waals surface area contributed by atoms with Crippen molar-refractivity contribution in [1.82, 2.24) is 9.78 Å². The molecule has 0 saturated heterocycles. The number of para-hydroxylation sites is 1. The molecule has 1 aromatic heterocycles. The van der Waals surface area contributed by atoms with Gasteiger partial charge in [-0.1, -0.05) is 23.7 Å². The van der Waals surface area contributed by atoms with E-state index in [1.165, 1.54) is 4.90 Å². The first-order valence-electron chi connectivity index (χ1n) is 6.55. The number of aromatic nitrogens is 2. The number of nitrogens with zero attached hydrogens (tertiary/aromatic N) is 3. The van der Waals surface area contributed by atoms with Crippen molar-refractivity contribution >= 4 is 29.0 Å². The molecule has 0 fully saturated rings. The van der Waals surface area contributed by atoms with Gasteiger partial charge in [0.05, 0.1) is 34.2 Å². The monoisotopic (exact) mass is 303 g/mol. The highest BCUT2D eigenvalue weighted by atomic mass is 35.5. The highest BCUT2D eigenvalue weighted by Crippen LogP contribution is 2.34. The smallest absolute Gasteiger partial charge is 0.298 e. The summed E-state index contributed by atoms with van der Waals surface area (Å²) < 4.78 is 1.64. The molecule has 2 heterocycles. The zero-order valence-electron chi connectivity index (χ0n) is 12.0. The largest absolute Gasteiger partial charge is 0.299 e. The first kappa shape index (κ1) is 13.8. The number of fused-ring (bicyclic) bond motifs is 1. The van der Waals surface area contributed by atoms with Crippen molar-refractivity contribution < 1.29 is 9.59 Å². The molecule has 0 atom stereocenters. The molecule has 0 spiro atoms. The number of anilines is 1. The molecule has 3 rings (SSSR count). The quantitative estimate of drug-likeness (QED) is 0.801. The standard InChI is InChI=1S/C15H14ClN3O2/c1-8-5-4-6-10-13(8)19(15(21)14(10)20)7-11-12(16)9(2)17-18(11)3/h4-6H,7H2,1-3H3. The molecule has 1 aliphatic heterocycles. The zero-order chi connectivity index (χ0) is 15.3. The molecule has 1 aromatic carbocycles. The lowest BCUT2D eigenvalue weighted by Crippen LogP contribution is -2.30. The van der Waals surface area contributed by atoms with Crippen molar-refractivity contribution in [1.29, 1.82) is 0 Å². The minimum Gasteiger partial charge on any atom is -0.298 e. The van der Waals surface area contributed by atoms with E-state index in [-0.39, 0.29) is 6.54 Å². The summed E-state index contributed by atoms with van der Waals surface area (Å²) in [4.78, 5) is 25.8. The number of halogens is 1. The number of hydrogen-bond acceptors (Lipinski definition) is 3. The number of amides is 1. The number of hydrogen-bond donors (Lipinski definition) is 0. The molecule has 0 radical (unpaired) electrons. The predicted molar refractivity (Wildman–Crippen MR) is 79.7 cm³/mol. The number of Topliss-reactive ketones (excluding diaryl/α,β-unsaturated/α-hetero) is 1. The summed E-state index contributed by atoms with van der Waals surface area (Å²) in [6.07, 6.45) is 0. The summed E-state index contributed by atoms with van der Waals surface area (Å²) in [6, 6.07) is 5.34. The Kier molecular flexibility index (Phi) is 3.10. The molecule has 0 saturated carbocycles. The van der Waals surface area contributed by atoms with Crippen LogP contribution in [0.1, 0.15) is 27.3 Å². The van der Waals surface area contributed by atoms with Crippen LogP contribution in [0.5, 0.6) is 0 Å². The lowest BCUT2D eigenvalue weighted by atomic mass is 10.1. The molecular weight excluding hydrogens is 290 g/mol. The van der Waals surface area contributed by atoms with Gasteiger partial charge in [-0.05, 0) is 25.5 Å². The third kappa shape index (κ3) is 1.96. The van der Waals surface area contributed by atoms with Gasteiger partial charge in [0.25, 0.3) is 11.7 Å². The number of ketones is 1. The summed E-state index contributed by atoms with van der Waals surface area (Å²) in [5.41, 5.74) is 3.43. The van der Waals surface area contributed by atoms with Gasteiger partial charge in [-0.3, -0.25) is 19.2 Å². The summed E-state index contributed by atoms with van der Waals surface area (Å²) in [6.45, 7) is 3.92. The van der Waals surface area contributed by atoms with E-state index in [2.05, 4.69) is 5.10 Å². The lowest BCUT2D eigenvalue weighted by Gasteiger charge is -2.18. The lowest BCUT2D eigenvalue weighted by molar-refractivity contribution is -0.114. The summed E-state index contributed by atoms with van der Waals surface area (Å²) >= 11 is 6.24. The number of carbonyl (C=O) groups is 2. The van der Waals surface area contributed by atoms with E-state index < -0.39 is 11.7 Å². The molecule has 0 unspecified atom stereocenters. The Morgan fingerprint density at radius 2 is 1.95 bits per heavy atom. The minimum atomic E-state index is -0.519. The Morgan fingerprint density at radius 1 is 1.24 bits per heavy atom. The Balaban J connectivity index is 2.08. The Hall–Kier alpha value is -2.14. The van der Waals surface area contributed by atoms with Gasteiger partial charge in [0.15, 0.2) is 0 Å². The van der Waals surface area contributed by atoms with Crippen LogP contribution in [-0.2, 0) is 18.4 Å². The first-order chi connectivity index (χ1) is 9.91. The normalized spacial score (nSPS) is 14.0. The van der Waals surface area contributed by atoms with E-state index in [0.29, 0.717) is 27.7 Å². The van der Waals surface area contributed by atoms with Crippen molar-refractivity contribution in [2.45, 2.75) is 20.4 Å². The van der Waals surface area contributed by atoms with Crippen LogP contribution in [0.15, 0.2) is 18.2 Å². The fourth-order valence-electron chi connectivity index (χ4n) is 2.69. The van der Waals surface area contributed by atoms with Crippen LogP contribution in [0, 0.1) is 13.8 Å². The summed E-state index contributed by atoms with van der Waals surface area (Å²) in [5, 5.41) is 4.76. The number of carbonyl (C=O) groups excluding carboxylic acids is 2. The van der Waals surface area contributed by atoms with Gasteiger partial charge in [-0.15, -0.1) is 0 Å². The van der Waals surface area contributed by atoms with Crippen LogP contribution >= 0.6 is 11.6 Å². The van der Waals surface area contributed by atoms with E-state index in [0.717, 1.165) is 5.56 Å². The highest BCUT2D eigenvalue weighted by Gasteiger charge is 2.37. The fourth-order valence-corrected chi connectivity index (χ4v) is 2.91. The van der Waals surface area contributed by atoms with Gasteiger partial charge in [0.2, 0.25) is 0 Å². The van der Waals surface area contributed by atoms with Crippen LogP contribution < -0.4 is 4.90 Å². The number of benzene rings is 1. The second kappa shape index (κ2) is 4.70. The maximum atomic E-state index is 12.3. The van der Waals surface area contributed by atoms with Gasteiger partial charge in [0, 0.05) is 7.05 Å². The van der Waals surface area contributed by atoms with E-state index in [4.69, 9.17) is 11.6 Å². The van der Waals surface area contributed by atoms with E-state index in [9.17, 15) is 9.59 Å². The molecule has 21 heavy (non-hydrogen) atoms. The van der Waals surface area contributed by atoms with Crippen LogP contribution in [0.25, 0.3) is 0 Å². The average Bonchev–Trinajstić information content (AvgIpc) is 2.83. The summed E-state index contributed by atoms with van der Waals surface area (Å²) in [7, 11) is 1.77.